The molecule has 2 fully saturated rings. The first-order valence-electron chi connectivity index (χ1n) is 8.28. The fourth-order valence-corrected chi connectivity index (χ4v) is 4.95. The molecule has 4 heteroatoms. The summed E-state index contributed by atoms with van der Waals surface area (Å²) in [6.45, 7) is 8.81. The largest absolute Gasteiger partial charge is 0.322 e. The van der Waals surface area contributed by atoms with E-state index in [2.05, 4.69) is 37.9 Å². The van der Waals surface area contributed by atoms with Gasteiger partial charge in [-0.3, -0.25) is 10.1 Å². The molecule has 1 saturated heterocycles. The Balaban J connectivity index is 2.10. The highest BCUT2D eigenvalue weighted by molar-refractivity contribution is 7.99. The summed E-state index contributed by atoms with van der Waals surface area (Å²) >= 11 is 2.04. The number of rotatable bonds is 6. The highest BCUT2D eigenvalue weighted by Gasteiger charge is 2.45. The lowest BCUT2D eigenvalue weighted by Gasteiger charge is -2.33. The standard InChI is InChI=1S/C16H30N2OS/c1-5-15-17-12(10-11(3)4)16(19)18(15)13-8-7-9-14(13)20-6-2/h11-15,17H,5-10H2,1-4H3. The molecule has 1 amide bonds. The lowest BCUT2D eigenvalue weighted by molar-refractivity contribution is -0.132. The molecule has 0 spiro atoms. The molecule has 1 saturated carbocycles. The minimum Gasteiger partial charge on any atom is -0.322 e. The molecule has 4 unspecified atom stereocenters. The summed E-state index contributed by atoms with van der Waals surface area (Å²) in [5, 5.41) is 4.23. The van der Waals surface area contributed by atoms with E-state index in [4.69, 9.17) is 0 Å². The van der Waals surface area contributed by atoms with Gasteiger partial charge in [-0.15, -0.1) is 0 Å². The van der Waals surface area contributed by atoms with Gasteiger partial charge >= 0.3 is 0 Å². The van der Waals surface area contributed by atoms with Gasteiger partial charge in [-0.05, 0) is 37.4 Å². The molecule has 2 aliphatic rings. The molecule has 20 heavy (non-hydrogen) atoms. The smallest absolute Gasteiger partial charge is 0.241 e. The van der Waals surface area contributed by atoms with Gasteiger partial charge in [0.2, 0.25) is 5.91 Å². The minimum atomic E-state index is 0.0489. The van der Waals surface area contributed by atoms with Crippen molar-refractivity contribution in [2.24, 2.45) is 5.92 Å². The molecule has 2 rings (SSSR count). The molecular weight excluding hydrogens is 268 g/mol. The van der Waals surface area contributed by atoms with Gasteiger partial charge in [0.1, 0.15) is 0 Å². The second-order valence-electron chi connectivity index (χ2n) is 6.51. The number of nitrogens with one attached hydrogen (secondary N) is 1. The van der Waals surface area contributed by atoms with Crippen LogP contribution in [0.15, 0.2) is 0 Å². The Morgan fingerprint density at radius 1 is 1.35 bits per heavy atom. The fourth-order valence-electron chi connectivity index (χ4n) is 3.70. The number of nitrogens with zero attached hydrogens (tertiary/aromatic N) is 1. The van der Waals surface area contributed by atoms with E-state index in [1.54, 1.807) is 0 Å². The minimum absolute atomic E-state index is 0.0489. The summed E-state index contributed by atoms with van der Waals surface area (Å²) in [7, 11) is 0. The van der Waals surface area contributed by atoms with E-state index in [0.717, 1.165) is 18.6 Å². The summed E-state index contributed by atoms with van der Waals surface area (Å²) in [6, 6.07) is 0.509. The third kappa shape index (κ3) is 3.33. The summed E-state index contributed by atoms with van der Waals surface area (Å²) in [5.74, 6) is 2.08. The van der Waals surface area contributed by atoms with E-state index >= 15 is 0 Å². The quantitative estimate of drug-likeness (QED) is 0.817. The topological polar surface area (TPSA) is 32.3 Å². The maximum absolute atomic E-state index is 12.8. The summed E-state index contributed by atoms with van der Waals surface area (Å²) in [4.78, 5) is 15.0. The Kier molecular flexibility index (Phi) is 5.79. The molecule has 0 aromatic rings. The first-order valence-corrected chi connectivity index (χ1v) is 9.33. The van der Waals surface area contributed by atoms with Crippen molar-refractivity contribution in [3.63, 3.8) is 0 Å². The lowest BCUT2D eigenvalue weighted by Crippen LogP contribution is -2.47. The highest BCUT2D eigenvalue weighted by Crippen LogP contribution is 2.36. The molecule has 0 bridgehead atoms. The van der Waals surface area contributed by atoms with E-state index < -0.39 is 0 Å². The first kappa shape index (κ1) is 16.2. The molecule has 3 nitrogen and oxygen atoms in total. The van der Waals surface area contributed by atoms with Gasteiger partial charge in [0, 0.05) is 11.3 Å². The van der Waals surface area contributed by atoms with Gasteiger partial charge in [-0.1, -0.05) is 34.1 Å². The van der Waals surface area contributed by atoms with Crippen molar-refractivity contribution in [3.8, 4) is 0 Å². The van der Waals surface area contributed by atoms with Crippen LogP contribution in [0.3, 0.4) is 0 Å². The molecule has 1 heterocycles. The molecule has 1 aliphatic heterocycles. The SMILES string of the molecule is CCSC1CCCC1N1C(=O)C(CC(C)C)NC1CC. The zero-order chi connectivity index (χ0) is 14.7. The Labute approximate surface area is 128 Å². The molecule has 0 aromatic heterocycles. The Hall–Kier alpha value is -0.220. The van der Waals surface area contributed by atoms with Gasteiger partial charge in [0.25, 0.3) is 0 Å². The van der Waals surface area contributed by atoms with Crippen molar-refractivity contribution in [2.45, 2.75) is 83.3 Å². The van der Waals surface area contributed by atoms with Crippen molar-refractivity contribution < 1.29 is 4.79 Å². The van der Waals surface area contributed by atoms with E-state index in [-0.39, 0.29) is 12.2 Å². The lowest BCUT2D eigenvalue weighted by atomic mass is 10.0. The number of thioether (sulfide) groups is 1. The van der Waals surface area contributed by atoms with Crippen LogP contribution in [0.25, 0.3) is 0 Å². The zero-order valence-electron chi connectivity index (χ0n) is 13.4. The zero-order valence-corrected chi connectivity index (χ0v) is 14.2. The molecule has 0 radical (unpaired) electrons. The number of amides is 1. The Bertz CT molecular complexity index is 334. The van der Waals surface area contributed by atoms with Gasteiger partial charge in [-0.2, -0.15) is 11.8 Å². The van der Waals surface area contributed by atoms with Crippen molar-refractivity contribution in [1.29, 1.82) is 0 Å². The van der Waals surface area contributed by atoms with E-state index in [0.29, 0.717) is 23.1 Å². The van der Waals surface area contributed by atoms with Gasteiger partial charge in [-0.25, -0.2) is 0 Å². The average Bonchev–Trinajstić information content (AvgIpc) is 2.95. The Morgan fingerprint density at radius 3 is 2.70 bits per heavy atom. The molecule has 1 aliphatic carbocycles. The van der Waals surface area contributed by atoms with Crippen LogP contribution in [-0.4, -0.2) is 40.1 Å². The van der Waals surface area contributed by atoms with Crippen LogP contribution in [0.2, 0.25) is 0 Å². The van der Waals surface area contributed by atoms with Crippen molar-refractivity contribution in [1.82, 2.24) is 10.2 Å². The van der Waals surface area contributed by atoms with Crippen LogP contribution < -0.4 is 5.32 Å². The predicted octanol–water partition coefficient (Wildman–Crippen LogP) is 3.24. The third-order valence-corrected chi connectivity index (χ3v) is 5.84. The fraction of sp³-hybridized carbons (Fsp3) is 0.938. The number of carbonyl (C=O) groups is 1. The van der Waals surface area contributed by atoms with Gasteiger partial charge < -0.3 is 4.90 Å². The van der Waals surface area contributed by atoms with E-state index in [9.17, 15) is 4.79 Å². The molecule has 116 valence electrons. The number of carbonyl (C=O) groups excluding carboxylic acids is 1. The second kappa shape index (κ2) is 7.17. The van der Waals surface area contributed by atoms with Crippen LogP contribution >= 0.6 is 11.8 Å². The number of hydrogen-bond donors (Lipinski definition) is 1. The maximum Gasteiger partial charge on any atom is 0.241 e. The molecular formula is C16H30N2OS. The monoisotopic (exact) mass is 298 g/mol. The van der Waals surface area contributed by atoms with Crippen LogP contribution in [-0.2, 0) is 4.79 Å². The second-order valence-corrected chi connectivity index (χ2v) is 8.03. The first-order chi connectivity index (χ1) is 9.58. The Morgan fingerprint density at radius 2 is 2.10 bits per heavy atom. The van der Waals surface area contributed by atoms with Crippen LogP contribution in [0.5, 0.6) is 0 Å². The normalized spacial score (nSPS) is 34.5. The highest BCUT2D eigenvalue weighted by atomic mass is 32.2. The summed E-state index contributed by atoms with van der Waals surface area (Å²) < 4.78 is 0. The predicted molar refractivity (Wildman–Crippen MR) is 86.9 cm³/mol. The molecule has 1 N–H and O–H groups in total. The van der Waals surface area contributed by atoms with E-state index in [1.807, 2.05) is 11.8 Å². The van der Waals surface area contributed by atoms with Crippen LogP contribution in [0, 0.1) is 5.92 Å². The van der Waals surface area contributed by atoms with Crippen LogP contribution in [0.4, 0.5) is 0 Å². The third-order valence-electron chi connectivity index (χ3n) is 4.53. The van der Waals surface area contributed by atoms with Crippen molar-refractivity contribution in [3.05, 3.63) is 0 Å². The maximum atomic E-state index is 12.8. The summed E-state index contributed by atoms with van der Waals surface area (Å²) in [6.07, 6.45) is 5.98. The van der Waals surface area contributed by atoms with Crippen LogP contribution in [0.1, 0.15) is 59.8 Å². The van der Waals surface area contributed by atoms with Gasteiger partial charge in [0.05, 0.1) is 12.2 Å². The van der Waals surface area contributed by atoms with Crippen molar-refractivity contribution in [2.75, 3.05) is 5.75 Å². The van der Waals surface area contributed by atoms with Gasteiger partial charge in [0.15, 0.2) is 0 Å². The summed E-state index contributed by atoms with van der Waals surface area (Å²) in [5.41, 5.74) is 0. The molecule has 4 atom stereocenters. The average molecular weight is 298 g/mol. The molecule has 0 aromatic carbocycles. The van der Waals surface area contributed by atoms with E-state index in [1.165, 1.54) is 19.3 Å². The number of hydrogen-bond acceptors (Lipinski definition) is 3. The van der Waals surface area contributed by atoms with Crippen molar-refractivity contribution >= 4 is 17.7 Å².